The van der Waals surface area contributed by atoms with Crippen molar-refractivity contribution in [2.45, 2.75) is 29.0 Å². The molecule has 4 amide bonds. The normalized spacial score (nSPS) is 29.3. The maximum atomic E-state index is 14.4. The van der Waals surface area contributed by atoms with Crippen molar-refractivity contribution in [3.8, 4) is 11.5 Å². The van der Waals surface area contributed by atoms with Crippen LogP contribution in [0.5, 0.6) is 11.5 Å². The van der Waals surface area contributed by atoms with E-state index >= 15 is 0 Å². The van der Waals surface area contributed by atoms with Crippen molar-refractivity contribution in [2.75, 3.05) is 29.3 Å². The van der Waals surface area contributed by atoms with Crippen LogP contribution in [-0.2, 0) is 25.6 Å². The van der Waals surface area contributed by atoms with Gasteiger partial charge in [0.1, 0.15) is 11.5 Å². The van der Waals surface area contributed by atoms with Gasteiger partial charge in [0.25, 0.3) is 11.8 Å². The topological polar surface area (TPSA) is 132 Å². The highest BCUT2D eigenvalue weighted by Gasteiger charge is 2.76. The van der Waals surface area contributed by atoms with Crippen LogP contribution in [0.15, 0.2) is 100 Å². The van der Waals surface area contributed by atoms with Crippen molar-refractivity contribution in [2.24, 2.45) is 33.9 Å². The number of benzene rings is 3. The second kappa shape index (κ2) is 12.6. The zero-order valence-electron chi connectivity index (χ0n) is 28.0. The maximum absolute atomic E-state index is 14.4. The lowest BCUT2D eigenvalue weighted by Gasteiger charge is -2.51. The number of halogens is 3. The summed E-state index contributed by atoms with van der Waals surface area (Å²) in [6, 6.07) is 19.0. The fraction of sp³-hybridized carbons (Fsp3) is 0.316. The Morgan fingerprint density at radius 3 is 2.25 bits per heavy atom. The molecule has 3 aromatic rings. The summed E-state index contributed by atoms with van der Waals surface area (Å²) in [6.07, 6.45) is 3.75. The molecule has 3 fully saturated rings. The summed E-state index contributed by atoms with van der Waals surface area (Å²) < 4.78 is 5.96. The van der Waals surface area contributed by atoms with Crippen LogP contribution in [0.1, 0.15) is 18.4 Å². The van der Waals surface area contributed by atoms with Crippen LogP contribution in [0.25, 0.3) is 0 Å². The van der Waals surface area contributed by atoms with Gasteiger partial charge in [-0.3, -0.25) is 29.0 Å². The Labute approximate surface area is 317 Å². The van der Waals surface area contributed by atoms with Crippen LogP contribution >= 0.6 is 39.1 Å². The summed E-state index contributed by atoms with van der Waals surface area (Å²) >= 11 is 18.0. The first-order chi connectivity index (χ1) is 24.9. The van der Waals surface area contributed by atoms with E-state index in [9.17, 15) is 24.3 Å². The Balaban J connectivity index is 1.12. The van der Waals surface area contributed by atoms with E-state index in [0.717, 1.165) is 10.6 Å². The number of hydrogen-bond donors (Lipinski definition) is 1. The Hall–Kier alpha value is -4.52. The predicted molar refractivity (Wildman–Crippen MR) is 198 cm³/mol. The predicted octanol–water partition coefficient (Wildman–Crippen LogP) is 7.14. The molecule has 52 heavy (non-hydrogen) atoms. The molecule has 3 heterocycles. The largest absolute Gasteiger partial charge is 0.508 e. The molecule has 5 aliphatic rings. The second-order valence-corrected chi connectivity index (χ2v) is 15.6. The molecular weight excluding hydrogens is 773 g/mol. The highest BCUT2D eigenvalue weighted by molar-refractivity contribution is 9.09. The third-order valence-corrected chi connectivity index (χ3v) is 12.8. The number of nitrogens with zero attached hydrogens (tertiary/aromatic N) is 5. The van der Waals surface area contributed by atoms with Crippen LogP contribution < -0.4 is 14.5 Å². The van der Waals surface area contributed by atoms with E-state index in [-0.39, 0.29) is 36.4 Å². The summed E-state index contributed by atoms with van der Waals surface area (Å²) in [5.41, 5.74) is 4.41. The number of anilines is 2. The SMILES string of the molecule is CN(C)c1ccc(N=Nc2ccc(N3C(=O)C4CC=C5C(CC6(Cl)C(=O)N(CBr)C(=O)C6(Cl)C5C5=COc6ccc(O)cc6C5)C4C3=O)cc2)cc1. The number of amides is 4. The average Bonchev–Trinajstić information content (AvgIpc) is 3.47. The van der Waals surface area contributed by atoms with Gasteiger partial charge in [-0.15, -0.1) is 23.2 Å². The van der Waals surface area contributed by atoms with Crippen LogP contribution in [0.4, 0.5) is 22.7 Å². The molecule has 11 nitrogen and oxygen atoms in total. The van der Waals surface area contributed by atoms with Gasteiger partial charge in [0, 0.05) is 37.7 Å². The van der Waals surface area contributed by atoms with Gasteiger partial charge in [0.05, 0.1) is 40.6 Å². The Kier molecular flexibility index (Phi) is 8.35. The maximum Gasteiger partial charge on any atom is 0.254 e. The van der Waals surface area contributed by atoms with Gasteiger partial charge in [-0.05, 0) is 91.1 Å². The number of azo groups is 1. The Morgan fingerprint density at radius 2 is 1.60 bits per heavy atom. The van der Waals surface area contributed by atoms with Crippen molar-refractivity contribution < 1.29 is 29.0 Å². The molecule has 3 aromatic carbocycles. The minimum absolute atomic E-state index is 0.0378. The number of carbonyl (C=O) groups excluding carboxylic acids is 4. The number of carbonyl (C=O) groups is 4. The Morgan fingerprint density at radius 1 is 0.923 bits per heavy atom. The summed E-state index contributed by atoms with van der Waals surface area (Å²) in [7, 11) is 3.91. The number of alkyl halides is 3. The van der Waals surface area contributed by atoms with Gasteiger partial charge < -0.3 is 14.7 Å². The number of likely N-dealkylation sites (tertiary alicyclic amines) is 1. The second-order valence-electron chi connectivity index (χ2n) is 13.9. The quantitative estimate of drug-likeness (QED) is 0.0922. The molecule has 14 heteroatoms. The average molecular weight is 806 g/mol. The lowest BCUT2D eigenvalue weighted by Crippen LogP contribution is -2.61. The number of imide groups is 2. The molecule has 3 aliphatic heterocycles. The van der Waals surface area contributed by atoms with E-state index in [1.54, 1.807) is 36.4 Å². The first-order valence-electron chi connectivity index (χ1n) is 16.7. The minimum atomic E-state index is -1.94. The molecule has 1 saturated carbocycles. The van der Waals surface area contributed by atoms with E-state index in [0.29, 0.717) is 39.5 Å². The van der Waals surface area contributed by atoms with Gasteiger partial charge in [0.15, 0.2) is 9.75 Å². The lowest BCUT2D eigenvalue weighted by atomic mass is 9.56. The van der Waals surface area contributed by atoms with E-state index in [2.05, 4.69) is 26.2 Å². The summed E-state index contributed by atoms with van der Waals surface area (Å²) in [4.78, 5) is 56.8. The standard InChI is InChI=1S/C38H32BrCl2N5O6/c1-44(2)24-7-3-22(4-8-24)42-43-23-5-9-25(10-6-23)46-33(48)28-13-12-27-29(31(28)34(46)49)17-37(40)35(50)45(19-39)36(51)38(37,41)32(27)21-15-20-16-26(47)11-14-30(20)52-18-21/h3-12,14,16,18,28-29,31-32,47H,13,15,17,19H2,1-2H3. The Bertz CT molecular complexity index is 2140. The van der Waals surface area contributed by atoms with Gasteiger partial charge >= 0.3 is 0 Å². The van der Waals surface area contributed by atoms with Crippen molar-refractivity contribution in [3.05, 3.63) is 95.8 Å². The van der Waals surface area contributed by atoms with Gasteiger partial charge in [-0.1, -0.05) is 27.6 Å². The van der Waals surface area contributed by atoms with E-state index in [1.165, 1.54) is 17.2 Å². The summed E-state index contributed by atoms with van der Waals surface area (Å²) in [5.74, 6) is -4.70. The van der Waals surface area contributed by atoms with E-state index < -0.39 is 51.1 Å². The third kappa shape index (κ3) is 5.05. The highest BCUT2D eigenvalue weighted by atomic mass is 79.9. The number of hydrogen-bond acceptors (Lipinski definition) is 9. The van der Waals surface area contributed by atoms with Gasteiger partial charge in [-0.25, -0.2) is 0 Å². The molecule has 6 atom stereocenters. The first kappa shape index (κ1) is 34.6. The number of ether oxygens (including phenoxy) is 1. The smallest absolute Gasteiger partial charge is 0.254 e. The molecule has 0 bridgehead atoms. The van der Waals surface area contributed by atoms with Crippen molar-refractivity contribution in [1.29, 1.82) is 0 Å². The van der Waals surface area contributed by atoms with E-state index in [4.69, 9.17) is 27.9 Å². The zero-order chi connectivity index (χ0) is 36.7. The first-order valence-corrected chi connectivity index (χ1v) is 18.6. The number of phenolic OH excluding ortho intramolecular Hbond substituents is 1. The number of aromatic hydroxyl groups is 1. The van der Waals surface area contributed by atoms with Crippen molar-refractivity contribution >= 4 is 85.5 Å². The summed E-state index contributed by atoms with van der Waals surface area (Å²) in [6.45, 7) is 0. The molecule has 266 valence electrons. The fourth-order valence-electron chi connectivity index (χ4n) is 8.42. The van der Waals surface area contributed by atoms with Crippen LogP contribution in [0.2, 0.25) is 0 Å². The van der Waals surface area contributed by atoms with Gasteiger partial charge in [0.2, 0.25) is 11.8 Å². The fourth-order valence-corrected chi connectivity index (χ4v) is 9.86. The van der Waals surface area contributed by atoms with Crippen molar-refractivity contribution in [1.82, 2.24) is 4.90 Å². The minimum Gasteiger partial charge on any atom is -0.508 e. The van der Waals surface area contributed by atoms with E-state index in [1.807, 2.05) is 49.3 Å². The molecule has 2 aliphatic carbocycles. The number of phenols is 1. The van der Waals surface area contributed by atoms with Crippen LogP contribution in [-0.4, -0.2) is 62.9 Å². The molecule has 6 unspecified atom stereocenters. The van der Waals surface area contributed by atoms with Crippen LogP contribution in [0, 0.1) is 23.7 Å². The monoisotopic (exact) mass is 803 g/mol. The lowest BCUT2D eigenvalue weighted by molar-refractivity contribution is -0.138. The molecular formula is C38H32BrCl2N5O6. The highest BCUT2D eigenvalue weighted by Crippen LogP contribution is 2.65. The van der Waals surface area contributed by atoms with Gasteiger partial charge in [-0.2, -0.15) is 10.2 Å². The number of allylic oxidation sites excluding steroid dienone is 3. The van der Waals surface area contributed by atoms with Crippen LogP contribution in [0.3, 0.4) is 0 Å². The molecule has 1 N–H and O–H groups in total. The third-order valence-electron chi connectivity index (χ3n) is 10.9. The summed E-state index contributed by atoms with van der Waals surface area (Å²) in [5, 5.41) is 18.8. The molecule has 0 spiro atoms. The molecule has 2 saturated heterocycles. The molecule has 0 radical (unpaired) electrons. The number of fused-ring (bicyclic) bond motifs is 5. The zero-order valence-corrected chi connectivity index (χ0v) is 31.1. The molecule has 8 rings (SSSR count). The van der Waals surface area contributed by atoms with Crippen molar-refractivity contribution in [3.63, 3.8) is 0 Å². The number of rotatable bonds is 6. The molecule has 0 aromatic heterocycles.